The quantitative estimate of drug-likeness (QED) is 0.829. The zero-order chi connectivity index (χ0) is 11.6. The Balaban J connectivity index is 1.97. The second kappa shape index (κ2) is 4.48. The van der Waals surface area contributed by atoms with Gasteiger partial charge in [-0.3, -0.25) is 4.68 Å². The summed E-state index contributed by atoms with van der Waals surface area (Å²) in [5.41, 5.74) is 1.24. The second-order valence-corrected chi connectivity index (χ2v) is 5.82. The van der Waals surface area contributed by atoms with E-state index >= 15 is 0 Å². The van der Waals surface area contributed by atoms with Crippen LogP contribution in [0, 0.1) is 0 Å². The number of anilines is 1. The lowest BCUT2D eigenvalue weighted by Crippen LogP contribution is -2.23. The summed E-state index contributed by atoms with van der Waals surface area (Å²) in [6, 6.07) is 0.659. The minimum Gasteiger partial charge on any atom is -0.380 e. The number of nitrogens with one attached hydrogen (secondary N) is 1. The van der Waals surface area contributed by atoms with Gasteiger partial charge in [0.05, 0.1) is 17.4 Å². The van der Waals surface area contributed by atoms with Crippen molar-refractivity contribution in [2.45, 2.75) is 64.5 Å². The first-order chi connectivity index (χ1) is 7.55. The first-order valence-corrected chi connectivity index (χ1v) is 6.37. The summed E-state index contributed by atoms with van der Waals surface area (Å²) in [5, 5.41) is 8.00. The molecule has 0 atom stereocenters. The number of aromatic nitrogens is 2. The Morgan fingerprint density at radius 1 is 1.25 bits per heavy atom. The van der Waals surface area contributed by atoms with Crippen LogP contribution in [-0.2, 0) is 5.54 Å². The minimum atomic E-state index is 0.0759. The first kappa shape index (κ1) is 11.5. The summed E-state index contributed by atoms with van der Waals surface area (Å²) in [4.78, 5) is 0. The van der Waals surface area contributed by atoms with E-state index in [-0.39, 0.29) is 5.54 Å². The molecular weight excluding hydrogens is 198 g/mol. The predicted molar refractivity (Wildman–Crippen MR) is 67.7 cm³/mol. The summed E-state index contributed by atoms with van der Waals surface area (Å²) < 4.78 is 2.03. The minimum absolute atomic E-state index is 0.0759. The van der Waals surface area contributed by atoms with Crippen LogP contribution in [0.3, 0.4) is 0 Å². The highest BCUT2D eigenvalue weighted by Gasteiger charge is 2.16. The molecule has 0 saturated heterocycles. The van der Waals surface area contributed by atoms with Gasteiger partial charge in [0.15, 0.2) is 0 Å². The van der Waals surface area contributed by atoms with Crippen LogP contribution in [-0.4, -0.2) is 15.8 Å². The van der Waals surface area contributed by atoms with Gasteiger partial charge in [-0.1, -0.05) is 19.3 Å². The number of rotatable bonds is 2. The Morgan fingerprint density at radius 3 is 2.50 bits per heavy atom. The van der Waals surface area contributed by atoms with Crippen LogP contribution in [0.2, 0.25) is 0 Å². The molecule has 16 heavy (non-hydrogen) atoms. The second-order valence-electron chi connectivity index (χ2n) is 5.82. The van der Waals surface area contributed by atoms with Gasteiger partial charge in [0.2, 0.25) is 0 Å². The Labute approximate surface area is 98.2 Å². The zero-order valence-corrected chi connectivity index (χ0v) is 10.7. The monoisotopic (exact) mass is 221 g/mol. The summed E-state index contributed by atoms with van der Waals surface area (Å²) in [5.74, 6) is 0. The normalized spacial score (nSPS) is 18.7. The van der Waals surface area contributed by atoms with Crippen molar-refractivity contribution in [1.82, 2.24) is 9.78 Å². The molecule has 2 rings (SSSR count). The molecule has 1 heterocycles. The van der Waals surface area contributed by atoms with E-state index in [1.165, 1.54) is 37.8 Å². The number of hydrogen-bond donors (Lipinski definition) is 1. The van der Waals surface area contributed by atoms with Crippen molar-refractivity contribution >= 4 is 5.69 Å². The van der Waals surface area contributed by atoms with Gasteiger partial charge >= 0.3 is 0 Å². The molecule has 1 N–H and O–H groups in total. The van der Waals surface area contributed by atoms with E-state index in [2.05, 4.69) is 37.4 Å². The van der Waals surface area contributed by atoms with E-state index in [9.17, 15) is 0 Å². The first-order valence-electron chi connectivity index (χ1n) is 6.37. The molecule has 0 aliphatic heterocycles. The van der Waals surface area contributed by atoms with Crippen LogP contribution in [0.15, 0.2) is 12.4 Å². The number of hydrogen-bond acceptors (Lipinski definition) is 2. The molecule has 1 aromatic heterocycles. The molecule has 1 saturated carbocycles. The highest BCUT2D eigenvalue weighted by molar-refractivity contribution is 5.39. The highest BCUT2D eigenvalue weighted by atomic mass is 15.3. The van der Waals surface area contributed by atoms with Crippen molar-refractivity contribution in [2.24, 2.45) is 0 Å². The summed E-state index contributed by atoms with van der Waals surface area (Å²) >= 11 is 0. The molecule has 3 nitrogen and oxygen atoms in total. The van der Waals surface area contributed by atoms with Crippen LogP contribution in [0.4, 0.5) is 5.69 Å². The largest absolute Gasteiger partial charge is 0.380 e. The molecule has 0 amide bonds. The molecule has 0 spiro atoms. The average Bonchev–Trinajstić information content (AvgIpc) is 2.67. The number of nitrogens with zero attached hydrogens (tertiary/aromatic N) is 2. The molecule has 0 radical (unpaired) electrons. The van der Waals surface area contributed by atoms with Crippen molar-refractivity contribution in [3.8, 4) is 0 Å². The van der Waals surface area contributed by atoms with Gasteiger partial charge in [-0.15, -0.1) is 0 Å². The van der Waals surface area contributed by atoms with Crippen molar-refractivity contribution in [3.63, 3.8) is 0 Å². The van der Waals surface area contributed by atoms with Crippen LogP contribution in [0.1, 0.15) is 52.9 Å². The predicted octanol–water partition coefficient (Wildman–Crippen LogP) is 3.38. The summed E-state index contributed by atoms with van der Waals surface area (Å²) in [6.45, 7) is 6.51. The maximum Gasteiger partial charge on any atom is 0.0728 e. The van der Waals surface area contributed by atoms with Crippen LogP contribution in [0.5, 0.6) is 0 Å². The molecule has 1 aromatic rings. The van der Waals surface area contributed by atoms with Gasteiger partial charge in [-0.25, -0.2) is 0 Å². The van der Waals surface area contributed by atoms with E-state index in [1.807, 2.05) is 10.9 Å². The molecule has 3 heteroatoms. The lowest BCUT2D eigenvalue weighted by molar-refractivity contribution is 0.355. The van der Waals surface area contributed by atoms with Crippen LogP contribution >= 0.6 is 0 Å². The Kier molecular flexibility index (Phi) is 3.22. The van der Waals surface area contributed by atoms with Gasteiger partial charge in [-0.2, -0.15) is 5.10 Å². The highest BCUT2D eigenvalue weighted by Crippen LogP contribution is 2.22. The van der Waals surface area contributed by atoms with E-state index in [0.29, 0.717) is 6.04 Å². The third-order valence-electron chi connectivity index (χ3n) is 3.25. The van der Waals surface area contributed by atoms with Crippen LogP contribution in [0.25, 0.3) is 0 Å². The molecule has 0 bridgehead atoms. The molecule has 0 aromatic carbocycles. The maximum absolute atomic E-state index is 4.41. The van der Waals surface area contributed by atoms with Gasteiger partial charge in [-0.05, 0) is 33.6 Å². The molecule has 1 aliphatic rings. The third-order valence-corrected chi connectivity index (χ3v) is 3.25. The van der Waals surface area contributed by atoms with Gasteiger partial charge in [0.1, 0.15) is 0 Å². The maximum atomic E-state index is 4.41. The van der Waals surface area contributed by atoms with E-state index in [1.54, 1.807) is 0 Å². The molecule has 90 valence electrons. The van der Waals surface area contributed by atoms with Gasteiger partial charge < -0.3 is 5.32 Å². The van der Waals surface area contributed by atoms with Crippen molar-refractivity contribution < 1.29 is 0 Å². The smallest absolute Gasteiger partial charge is 0.0728 e. The third kappa shape index (κ3) is 2.77. The lowest BCUT2D eigenvalue weighted by Gasteiger charge is -2.23. The molecule has 0 unspecified atom stereocenters. The van der Waals surface area contributed by atoms with Crippen molar-refractivity contribution in [1.29, 1.82) is 0 Å². The van der Waals surface area contributed by atoms with E-state index in [0.717, 1.165) is 0 Å². The fourth-order valence-corrected chi connectivity index (χ4v) is 2.25. The van der Waals surface area contributed by atoms with Crippen molar-refractivity contribution in [3.05, 3.63) is 12.4 Å². The topological polar surface area (TPSA) is 29.9 Å². The molecule has 1 aliphatic carbocycles. The lowest BCUT2D eigenvalue weighted by atomic mass is 9.95. The van der Waals surface area contributed by atoms with Gasteiger partial charge in [0.25, 0.3) is 0 Å². The van der Waals surface area contributed by atoms with Crippen LogP contribution < -0.4 is 5.32 Å². The summed E-state index contributed by atoms with van der Waals surface area (Å²) in [7, 11) is 0. The fourth-order valence-electron chi connectivity index (χ4n) is 2.25. The fraction of sp³-hybridized carbons (Fsp3) is 0.769. The SMILES string of the molecule is CC(C)(C)n1cc(NC2CCCCC2)cn1. The average molecular weight is 221 g/mol. The Bertz CT molecular complexity index is 329. The van der Waals surface area contributed by atoms with E-state index < -0.39 is 0 Å². The standard InChI is InChI=1S/C13H23N3/c1-13(2,3)16-10-12(9-14-16)15-11-7-5-4-6-8-11/h9-11,15H,4-8H2,1-3H3. The van der Waals surface area contributed by atoms with E-state index in [4.69, 9.17) is 0 Å². The van der Waals surface area contributed by atoms with Gasteiger partial charge in [0, 0.05) is 12.2 Å². The molecule has 1 fully saturated rings. The zero-order valence-electron chi connectivity index (χ0n) is 10.7. The molecular formula is C13H23N3. The Morgan fingerprint density at radius 2 is 1.94 bits per heavy atom. The summed E-state index contributed by atoms with van der Waals surface area (Å²) in [6.07, 6.45) is 10.8. The Hall–Kier alpha value is -0.990. The van der Waals surface area contributed by atoms with Crippen molar-refractivity contribution in [2.75, 3.05) is 5.32 Å².